The molecule has 0 spiro atoms. The van der Waals surface area contributed by atoms with Gasteiger partial charge in [0.1, 0.15) is 0 Å². The van der Waals surface area contributed by atoms with Gasteiger partial charge >= 0.3 is 0 Å². The molecule has 0 bridgehead atoms. The standard InChI is InChI=1S/C13H24N4/c1-10-8-16(3)11(2)5-13(10)14-6-12-7-15-17(4)9-12/h7,9-11,13-14H,5-6,8H2,1-4H3. The van der Waals surface area contributed by atoms with Gasteiger partial charge in [-0.3, -0.25) is 4.68 Å². The molecule has 96 valence electrons. The quantitative estimate of drug-likeness (QED) is 0.857. The van der Waals surface area contributed by atoms with Gasteiger partial charge in [-0.05, 0) is 26.3 Å². The summed E-state index contributed by atoms with van der Waals surface area (Å²) in [5.41, 5.74) is 1.27. The first-order valence-corrected chi connectivity index (χ1v) is 6.47. The molecular weight excluding hydrogens is 212 g/mol. The predicted molar refractivity (Wildman–Crippen MR) is 69.7 cm³/mol. The highest BCUT2D eigenvalue weighted by Gasteiger charge is 2.28. The summed E-state index contributed by atoms with van der Waals surface area (Å²) >= 11 is 0. The highest BCUT2D eigenvalue weighted by atomic mass is 15.2. The molecule has 0 aromatic carbocycles. The number of nitrogens with one attached hydrogen (secondary N) is 1. The summed E-state index contributed by atoms with van der Waals surface area (Å²) in [4.78, 5) is 2.45. The Morgan fingerprint density at radius 1 is 1.41 bits per heavy atom. The summed E-state index contributed by atoms with van der Waals surface area (Å²) in [5.74, 6) is 0.716. The van der Waals surface area contributed by atoms with Crippen molar-refractivity contribution in [3.05, 3.63) is 18.0 Å². The van der Waals surface area contributed by atoms with Crippen molar-refractivity contribution in [1.82, 2.24) is 20.0 Å². The summed E-state index contributed by atoms with van der Waals surface area (Å²) in [6.45, 7) is 6.76. The van der Waals surface area contributed by atoms with Gasteiger partial charge in [0, 0.05) is 44.0 Å². The molecule has 0 amide bonds. The first kappa shape index (κ1) is 12.6. The van der Waals surface area contributed by atoms with Crippen molar-refractivity contribution >= 4 is 0 Å². The van der Waals surface area contributed by atoms with Crippen molar-refractivity contribution in [1.29, 1.82) is 0 Å². The second kappa shape index (κ2) is 5.19. The SMILES string of the molecule is CC1CN(C)C(C)CC1NCc1cnn(C)c1. The van der Waals surface area contributed by atoms with Crippen LogP contribution in [-0.4, -0.2) is 40.4 Å². The molecule has 1 aromatic heterocycles. The molecule has 3 unspecified atom stereocenters. The fourth-order valence-corrected chi connectivity index (χ4v) is 2.64. The van der Waals surface area contributed by atoms with Gasteiger partial charge in [-0.2, -0.15) is 5.10 Å². The molecular formula is C13H24N4. The topological polar surface area (TPSA) is 33.1 Å². The maximum Gasteiger partial charge on any atom is 0.0534 e. The Hall–Kier alpha value is -0.870. The van der Waals surface area contributed by atoms with E-state index in [2.05, 4.69) is 42.4 Å². The number of rotatable bonds is 3. The van der Waals surface area contributed by atoms with Crippen LogP contribution < -0.4 is 5.32 Å². The number of nitrogens with zero attached hydrogens (tertiary/aromatic N) is 3. The third kappa shape index (κ3) is 3.07. The monoisotopic (exact) mass is 236 g/mol. The van der Waals surface area contributed by atoms with Crippen LogP contribution >= 0.6 is 0 Å². The minimum absolute atomic E-state index is 0.626. The van der Waals surface area contributed by atoms with Crippen LogP contribution in [0.25, 0.3) is 0 Å². The molecule has 1 fully saturated rings. The Kier molecular flexibility index (Phi) is 3.84. The van der Waals surface area contributed by atoms with Crippen LogP contribution in [0.2, 0.25) is 0 Å². The second-order valence-electron chi connectivity index (χ2n) is 5.51. The summed E-state index contributed by atoms with van der Waals surface area (Å²) in [7, 11) is 4.18. The largest absolute Gasteiger partial charge is 0.309 e. The van der Waals surface area contributed by atoms with Gasteiger partial charge in [0.25, 0.3) is 0 Å². The van der Waals surface area contributed by atoms with E-state index in [1.807, 2.05) is 17.9 Å². The first-order valence-electron chi connectivity index (χ1n) is 6.47. The predicted octanol–water partition coefficient (Wildman–Crippen LogP) is 1.24. The van der Waals surface area contributed by atoms with E-state index in [0.717, 1.165) is 6.54 Å². The lowest BCUT2D eigenvalue weighted by Crippen LogP contribution is -2.50. The number of likely N-dealkylation sites (tertiary alicyclic amines) is 1. The maximum absolute atomic E-state index is 4.19. The summed E-state index contributed by atoms with van der Waals surface area (Å²) in [5, 5.41) is 7.87. The Labute approximate surface area is 104 Å². The number of hydrogen-bond acceptors (Lipinski definition) is 3. The third-order valence-corrected chi connectivity index (χ3v) is 3.94. The van der Waals surface area contributed by atoms with Crippen molar-refractivity contribution in [3.8, 4) is 0 Å². The minimum atomic E-state index is 0.626. The number of aromatic nitrogens is 2. The molecule has 4 nitrogen and oxygen atoms in total. The van der Waals surface area contributed by atoms with Crippen molar-refractivity contribution in [3.63, 3.8) is 0 Å². The number of aryl methyl sites for hydroxylation is 1. The summed E-state index contributed by atoms with van der Waals surface area (Å²) in [6, 6.07) is 1.30. The average Bonchev–Trinajstić information content (AvgIpc) is 2.68. The van der Waals surface area contributed by atoms with E-state index >= 15 is 0 Å². The lowest BCUT2D eigenvalue weighted by molar-refractivity contribution is 0.121. The Balaban J connectivity index is 1.86. The highest BCUT2D eigenvalue weighted by molar-refractivity contribution is 5.03. The fraction of sp³-hybridized carbons (Fsp3) is 0.769. The van der Waals surface area contributed by atoms with Gasteiger partial charge < -0.3 is 10.2 Å². The van der Waals surface area contributed by atoms with E-state index in [1.54, 1.807) is 0 Å². The average molecular weight is 236 g/mol. The van der Waals surface area contributed by atoms with Crippen LogP contribution in [0.15, 0.2) is 12.4 Å². The molecule has 0 saturated carbocycles. The highest BCUT2D eigenvalue weighted by Crippen LogP contribution is 2.20. The van der Waals surface area contributed by atoms with Gasteiger partial charge in [0.15, 0.2) is 0 Å². The van der Waals surface area contributed by atoms with Crippen molar-refractivity contribution in [2.75, 3.05) is 13.6 Å². The molecule has 2 rings (SSSR count). The van der Waals surface area contributed by atoms with Crippen molar-refractivity contribution < 1.29 is 0 Å². The Morgan fingerprint density at radius 2 is 2.18 bits per heavy atom. The number of hydrogen-bond donors (Lipinski definition) is 1. The molecule has 2 heterocycles. The maximum atomic E-state index is 4.19. The zero-order valence-corrected chi connectivity index (χ0v) is 11.3. The van der Waals surface area contributed by atoms with E-state index in [9.17, 15) is 0 Å². The summed E-state index contributed by atoms with van der Waals surface area (Å²) in [6.07, 6.45) is 5.25. The van der Waals surface area contributed by atoms with E-state index in [4.69, 9.17) is 0 Å². The molecule has 17 heavy (non-hydrogen) atoms. The molecule has 1 aliphatic rings. The second-order valence-corrected chi connectivity index (χ2v) is 5.51. The van der Waals surface area contributed by atoms with Gasteiger partial charge in [-0.1, -0.05) is 6.92 Å². The van der Waals surface area contributed by atoms with Crippen molar-refractivity contribution in [2.45, 2.75) is 38.9 Å². The van der Waals surface area contributed by atoms with Crippen LogP contribution in [0.3, 0.4) is 0 Å². The molecule has 1 aromatic rings. The van der Waals surface area contributed by atoms with E-state index in [1.165, 1.54) is 18.5 Å². The zero-order valence-electron chi connectivity index (χ0n) is 11.3. The van der Waals surface area contributed by atoms with Crippen LogP contribution in [0.4, 0.5) is 0 Å². The normalized spacial score (nSPS) is 30.7. The molecule has 4 heteroatoms. The summed E-state index contributed by atoms with van der Waals surface area (Å²) < 4.78 is 1.86. The fourth-order valence-electron chi connectivity index (χ4n) is 2.64. The zero-order chi connectivity index (χ0) is 12.4. The van der Waals surface area contributed by atoms with E-state index in [-0.39, 0.29) is 0 Å². The first-order chi connectivity index (χ1) is 8.06. The molecule has 0 aliphatic carbocycles. The van der Waals surface area contributed by atoms with Crippen LogP contribution in [0.1, 0.15) is 25.8 Å². The third-order valence-electron chi connectivity index (χ3n) is 3.94. The van der Waals surface area contributed by atoms with Crippen LogP contribution in [0, 0.1) is 5.92 Å². The molecule has 1 aliphatic heterocycles. The van der Waals surface area contributed by atoms with Crippen molar-refractivity contribution in [2.24, 2.45) is 13.0 Å². The van der Waals surface area contributed by atoms with Crippen LogP contribution in [0.5, 0.6) is 0 Å². The van der Waals surface area contributed by atoms with E-state index < -0.39 is 0 Å². The van der Waals surface area contributed by atoms with E-state index in [0.29, 0.717) is 18.0 Å². The molecule has 3 atom stereocenters. The Morgan fingerprint density at radius 3 is 2.82 bits per heavy atom. The smallest absolute Gasteiger partial charge is 0.0534 e. The molecule has 1 saturated heterocycles. The number of piperidine rings is 1. The van der Waals surface area contributed by atoms with Gasteiger partial charge in [-0.15, -0.1) is 0 Å². The minimum Gasteiger partial charge on any atom is -0.309 e. The lowest BCUT2D eigenvalue weighted by Gasteiger charge is -2.40. The Bertz CT molecular complexity index is 360. The van der Waals surface area contributed by atoms with Gasteiger partial charge in [0.05, 0.1) is 6.20 Å². The molecule has 1 N–H and O–H groups in total. The van der Waals surface area contributed by atoms with Crippen LogP contribution in [-0.2, 0) is 13.6 Å². The van der Waals surface area contributed by atoms with Gasteiger partial charge in [-0.25, -0.2) is 0 Å². The van der Waals surface area contributed by atoms with Gasteiger partial charge in [0.2, 0.25) is 0 Å². The molecule has 0 radical (unpaired) electrons. The lowest BCUT2D eigenvalue weighted by atomic mass is 9.90.